The first-order valence-corrected chi connectivity index (χ1v) is 6.05. The molecule has 0 spiro atoms. The standard InChI is InChI=1S/C13H13N5O3/c1-2-5-17(7-12(19)20)13(21)10-3-4-11(15-6-10)18-9-14-8-16-18/h2-4,6,8-9H,1,5,7H2,(H,19,20). The van der Waals surface area contributed by atoms with Crippen LogP contribution in [0.25, 0.3) is 5.82 Å². The summed E-state index contributed by atoms with van der Waals surface area (Å²) >= 11 is 0. The number of hydrogen-bond acceptors (Lipinski definition) is 5. The van der Waals surface area contributed by atoms with Crippen LogP contribution >= 0.6 is 0 Å². The zero-order valence-electron chi connectivity index (χ0n) is 11.1. The summed E-state index contributed by atoms with van der Waals surface area (Å²) in [6.45, 7) is 3.27. The topological polar surface area (TPSA) is 101 Å². The van der Waals surface area contributed by atoms with Gasteiger partial charge in [-0.05, 0) is 12.1 Å². The maximum atomic E-state index is 12.2. The second-order valence-electron chi connectivity index (χ2n) is 4.11. The molecule has 2 aromatic heterocycles. The fourth-order valence-electron chi connectivity index (χ4n) is 1.70. The summed E-state index contributed by atoms with van der Waals surface area (Å²) in [5.41, 5.74) is 0.293. The Kier molecular flexibility index (Phi) is 4.39. The van der Waals surface area contributed by atoms with E-state index in [4.69, 9.17) is 5.11 Å². The molecule has 0 fully saturated rings. The van der Waals surface area contributed by atoms with E-state index in [-0.39, 0.29) is 6.54 Å². The fraction of sp³-hybridized carbons (Fsp3) is 0.154. The number of aromatic nitrogens is 4. The summed E-state index contributed by atoms with van der Waals surface area (Å²) in [7, 11) is 0. The molecule has 0 aliphatic heterocycles. The number of carboxylic acid groups (broad SMARTS) is 1. The van der Waals surface area contributed by atoms with Crippen LogP contribution in [-0.2, 0) is 4.79 Å². The summed E-state index contributed by atoms with van der Waals surface area (Å²) in [4.78, 5) is 32.0. The molecular formula is C13H13N5O3. The number of carbonyl (C=O) groups excluding carboxylic acids is 1. The predicted octanol–water partition coefficient (Wildman–Crippen LogP) is 0.375. The minimum absolute atomic E-state index is 0.149. The number of aliphatic carboxylic acids is 1. The maximum absolute atomic E-state index is 12.2. The van der Waals surface area contributed by atoms with Crippen molar-refractivity contribution in [2.24, 2.45) is 0 Å². The SMILES string of the molecule is C=CCN(CC(=O)O)C(=O)c1ccc(-n2cncn2)nc1. The van der Waals surface area contributed by atoms with Crippen molar-refractivity contribution in [3.8, 4) is 5.82 Å². The fourth-order valence-corrected chi connectivity index (χ4v) is 1.70. The zero-order valence-corrected chi connectivity index (χ0v) is 11.1. The molecule has 108 valence electrons. The lowest BCUT2D eigenvalue weighted by Gasteiger charge is -2.18. The van der Waals surface area contributed by atoms with Crippen LogP contribution in [-0.4, -0.2) is 54.7 Å². The van der Waals surface area contributed by atoms with E-state index in [0.717, 1.165) is 0 Å². The van der Waals surface area contributed by atoms with Gasteiger partial charge in [0.1, 0.15) is 19.2 Å². The third-order valence-corrected chi connectivity index (χ3v) is 2.61. The van der Waals surface area contributed by atoms with E-state index in [9.17, 15) is 9.59 Å². The molecule has 1 N–H and O–H groups in total. The van der Waals surface area contributed by atoms with Crippen LogP contribution in [0.4, 0.5) is 0 Å². The van der Waals surface area contributed by atoms with E-state index < -0.39 is 18.4 Å². The van der Waals surface area contributed by atoms with E-state index in [1.54, 1.807) is 12.1 Å². The first kappa shape index (κ1) is 14.4. The molecule has 0 saturated heterocycles. The van der Waals surface area contributed by atoms with Crippen LogP contribution in [0.1, 0.15) is 10.4 Å². The minimum atomic E-state index is -1.09. The Bertz CT molecular complexity index is 636. The third-order valence-electron chi connectivity index (χ3n) is 2.61. The van der Waals surface area contributed by atoms with Gasteiger partial charge in [0.05, 0.1) is 5.56 Å². The Labute approximate surface area is 120 Å². The normalized spacial score (nSPS) is 10.1. The Hall–Kier alpha value is -3.03. The highest BCUT2D eigenvalue weighted by Gasteiger charge is 2.17. The summed E-state index contributed by atoms with van der Waals surface area (Å²) in [6, 6.07) is 3.17. The molecule has 8 heteroatoms. The molecular weight excluding hydrogens is 274 g/mol. The molecule has 8 nitrogen and oxygen atoms in total. The van der Waals surface area contributed by atoms with Crippen molar-refractivity contribution in [2.75, 3.05) is 13.1 Å². The van der Waals surface area contributed by atoms with Crippen molar-refractivity contribution in [3.05, 3.63) is 49.2 Å². The average Bonchev–Trinajstić information content (AvgIpc) is 3.00. The Morgan fingerprint density at radius 1 is 1.43 bits per heavy atom. The minimum Gasteiger partial charge on any atom is -0.480 e. The highest BCUT2D eigenvalue weighted by Crippen LogP contribution is 2.07. The molecule has 2 heterocycles. The number of pyridine rings is 1. The molecule has 21 heavy (non-hydrogen) atoms. The Morgan fingerprint density at radius 3 is 2.76 bits per heavy atom. The molecule has 0 atom stereocenters. The molecule has 2 rings (SSSR count). The number of hydrogen-bond donors (Lipinski definition) is 1. The summed E-state index contributed by atoms with van der Waals surface area (Å²) in [6.07, 6.45) is 5.70. The molecule has 2 aromatic rings. The lowest BCUT2D eigenvalue weighted by atomic mass is 10.2. The van der Waals surface area contributed by atoms with Gasteiger partial charge in [-0.15, -0.1) is 6.58 Å². The number of carboxylic acids is 1. The summed E-state index contributed by atoms with van der Waals surface area (Å²) in [5.74, 6) is -0.995. The molecule has 0 bridgehead atoms. The van der Waals surface area contributed by atoms with Gasteiger partial charge >= 0.3 is 5.97 Å². The van der Waals surface area contributed by atoms with Gasteiger partial charge in [-0.1, -0.05) is 6.08 Å². The quantitative estimate of drug-likeness (QED) is 0.770. The van der Waals surface area contributed by atoms with E-state index in [0.29, 0.717) is 11.4 Å². The van der Waals surface area contributed by atoms with Gasteiger partial charge in [0.25, 0.3) is 5.91 Å². The number of rotatable bonds is 6. The van der Waals surface area contributed by atoms with Crippen LogP contribution in [0.3, 0.4) is 0 Å². The van der Waals surface area contributed by atoms with Gasteiger partial charge in [0.15, 0.2) is 5.82 Å². The van der Waals surface area contributed by atoms with Gasteiger partial charge in [0, 0.05) is 12.7 Å². The van der Waals surface area contributed by atoms with Crippen LogP contribution in [0.5, 0.6) is 0 Å². The second-order valence-corrected chi connectivity index (χ2v) is 4.11. The van der Waals surface area contributed by atoms with Gasteiger partial charge < -0.3 is 10.0 Å². The molecule has 0 aliphatic carbocycles. The van der Waals surface area contributed by atoms with E-state index in [1.165, 1.54) is 34.5 Å². The van der Waals surface area contributed by atoms with Crippen molar-refractivity contribution in [2.45, 2.75) is 0 Å². The van der Waals surface area contributed by atoms with Crippen molar-refractivity contribution in [1.29, 1.82) is 0 Å². The first-order valence-electron chi connectivity index (χ1n) is 6.05. The summed E-state index contributed by atoms with van der Waals surface area (Å²) in [5, 5.41) is 12.7. The van der Waals surface area contributed by atoms with Crippen LogP contribution in [0.15, 0.2) is 43.6 Å². The molecule has 0 saturated carbocycles. The first-order chi connectivity index (χ1) is 10.1. The van der Waals surface area contributed by atoms with Crippen LogP contribution in [0, 0.1) is 0 Å². The van der Waals surface area contributed by atoms with Crippen molar-refractivity contribution < 1.29 is 14.7 Å². The number of nitrogens with zero attached hydrogens (tertiary/aromatic N) is 5. The Balaban J connectivity index is 2.18. The predicted molar refractivity (Wildman–Crippen MR) is 72.9 cm³/mol. The molecule has 0 radical (unpaired) electrons. The number of carbonyl (C=O) groups is 2. The lowest BCUT2D eigenvalue weighted by Crippen LogP contribution is -2.35. The highest BCUT2D eigenvalue weighted by atomic mass is 16.4. The number of amides is 1. The van der Waals surface area contributed by atoms with Crippen LogP contribution in [0.2, 0.25) is 0 Å². The average molecular weight is 287 g/mol. The highest BCUT2D eigenvalue weighted by molar-refractivity contribution is 5.95. The second kappa shape index (κ2) is 6.42. The summed E-state index contributed by atoms with van der Waals surface area (Å²) < 4.78 is 1.45. The Morgan fingerprint density at radius 2 is 2.24 bits per heavy atom. The molecule has 0 aromatic carbocycles. The van der Waals surface area contributed by atoms with E-state index >= 15 is 0 Å². The van der Waals surface area contributed by atoms with Crippen molar-refractivity contribution >= 4 is 11.9 Å². The van der Waals surface area contributed by atoms with Gasteiger partial charge in [-0.25, -0.2) is 14.6 Å². The molecule has 0 unspecified atom stereocenters. The monoisotopic (exact) mass is 287 g/mol. The zero-order chi connectivity index (χ0) is 15.2. The largest absolute Gasteiger partial charge is 0.480 e. The smallest absolute Gasteiger partial charge is 0.323 e. The third kappa shape index (κ3) is 3.50. The van der Waals surface area contributed by atoms with Gasteiger partial charge in [0.2, 0.25) is 0 Å². The van der Waals surface area contributed by atoms with Crippen molar-refractivity contribution in [3.63, 3.8) is 0 Å². The molecule has 1 amide bonds. The van der Waals surface area contributed by atoms with Crippen molar-refractivity contribution in [1.82, 2.24) is 24.6 Å². The lowest BCUT2D eigenvalue weighted by molar-refractivity contribution is -0.137. The van der Waals surface area contributed by atoms with E-state index in [2.05, 4.69) is 21.6 Å². The van der Waals surface area contributed by atoms with Gasteiger partial charge in [-0.3, -0.25) is 9.59 Å². The van der Waals surface area contributed by atoms with Gasteiger partial charge in [-0.2, -0.15) is 5.10 Å². The maximum Gasteiger partial charge on any atom is 0.323 e. The van der Waals surface area contributed by atoms with Crippen LogP contribution < -0.4 is 0 Å². The van der Waals surface area contributed by atoms with E-state index in [1.807, 2.05) is 0 Å². The molecule has 0 aliphatic rings.